The van der Waals surface area contributed by atoms with Gasteiger partial charge in [0.05, 0.1) is 6.04 Å². The molecule has 4 nitrogen and oxygen atoms in total. The van der Waals surface area contributed by atoms with Gasteiger partial charge in [0.1, 0.15) is 0 Å². The van der Waals surface area contributed by atoms with Crippen molar-refractivity contribution in [2.75, 3.05) is 0 Å². The zero-order valence-electron chi connectivity index (χ0n) is 12.7. The largest absolute Gasteiger partial charge is 0.368 e. The number of hydrogen-bond donors (Lipinski definition) is 3. The van der Waals surface area contributed by atoms with Gasteiger partial charge in [-0.2, -0.15) is 0 Å². The first-order valence-corrected chi connectivity index (χ1v) is 8.18. The number of fused-ring (bicyclic) bond motifs is 1. The van der Waals surface area contributed by atoms with Crippen molar-refractivity contribution in [3.63, 3.8) is 0 Å². The van der Waals surface area contributed by atoms with Gasteiger partial charge in [0, 0.05) is 11.8 Å². The fourth-order valence-corrected chi connectivity index (χ4v) is 4.31. The summed E-state index contributed by atoms with van der Waals surface area (Å²) < 4.78 is 0. The molecule has 0 aromatic carbocycles. The summed E-state index contributed by atoms with van der Waals surface area (Å²) in [5, 5.41) is 19.1. The predicted molar refractivity (Wildman–Crippen MR) is 77.7 cm³/mol. The van der Waals surface area contributed by atoms with Crippen LogP contribution in [0.3, 0.4) is 0 Å². The molecule has 0 heterocycles. The summed E-state index contributed by atoms with van der Waals surface area (Å²) in [5.74, 6) is 0.775. The molecule has 0 bridgehead atoms. The Kier molecular flexibility index (Phi) is 5.21. The predicted octanol–water partition coefficient (Wildman–Crippen LogP) is 1.68. The molecule has 0 saturated heterocycles. The lowest BCUT2D eigenvalue weighted by Gasteiger charge is -2.22. The van der Waals surface area contributed by atoms with Gasteiger partial charge in [-0.3, -0.25) is 4.79 Å². The van der Waals surface area contributed by atoms with E-state index in [4.69, 9.17) is 5.73 Å². The first kappa shape index (κ1) is 15.9. The van der Waals surface area contributed by atoms with Crippen LogP contribution in [0.5, 0.6) is 0 Å². The topological polar surface area (TPSA) is 83.6 Å². The second-order valence-electron chi connectivity index (χ2n) is 6.63. The maximum Gasteiger partial charge on any atom is 0.154 e. The van der Waals surface area contributed by atoms with Gasteiger partial charge in [-0.1, -0.05) is 39.5 Å². The van der Waals surface area contributed by atoms with Crippen LogP contribution >= 0.6 is 0 Å². The Balaban J connectivity index is 2.05. The normalized spacial score (nSPS) is 34.8. The number of ketones is 1. The summed E-state index contributed by atoms with van der Waals surface area (Å²) in [4.78, 5) is 12.6. The van der Waals surface area contributed by atoms with Crippen LogP contribution in [-0.4, -0.2) is 28.3 Å². The molecule has 0 aromatic rings. The van der Waals surface area contributed by atoms with Crippen molar-refractivity contribution in [1.29, 1.82) is 0 Å². The summed E-state index contributed by atoms with van der Waals surface area (Å²) in [6, 6.07) is -0.376. The number of Topliss-reactive ketones (excluding diaryl/α,β-unsaturated/α-hetero) is 1. The van der Waals surface area contributed by atoms with E-state index in [1.165, 1.54) is 0 Å². The number of carbonyl (C=O) groups excluding carboxylic acids is 1. The first-order valence-electron chi connectivity index (χ1n) is 8.18. The number of hydrogen-bond acceptors (Lipinski definition) is 4. The number of nitrogens with two attached hydrogens (primary N) is 1. The van der Waals surface area contributed by atoms with Gasteiger partial charge in [0.15, 0.2) is 12.1 Å². The van der Waals surface area contributed by atoms with E-state index in [0.29, 0.717) is 5.92 Å². The smallest absolute Gasteiger partial charge is 0.154 e. The van der Waals surface area contributed by atoms with Crippen molar-refractivity contribution < 1.29 is 15.0 Å². The van der Waals surface area contributed by atoms with Crippen LogP contribution < -0.4 is 5.73 Å². The second kappa shape index (κ2) is 6.54. The van der Waals surface area contributed by atoms with Crippen LogP contribution in [0, 0.1) is 29.6 Å². The maximum absolute atomic E-state index is 12.6. The Morgan fingerprint density at radius 1 is 1.20 bits per heavy atom. The van der Waals surface area contributed by atoms with Gasteiger partial charge in [-0.15, -0.1) is 0 Å². The summed E-state index contributed by atoms with van der Waals surface area (Å²) >= 11 is 0. The molecule has 2 fully saturated rings. The molecule has 4 heteroatoms. The Hall–Kier alpha value is -0.450. The number of aliphatic hydroxyl groups excluding tert-OH is 1. The fourth-order valence-electron chi connectivity index (χ4n) is 4.31. The van der Waals surface area contributed by atoms with E-state index >= 15 is 0 Å². The Morgan fingerprint density at radius 3 is 2.35 bits per heavy atom. The Labute approximate surface area is 121 Å². The molecule has 5 unspecified atom stereocenters. The van der Waals surface area contributed by atoms with E-state index in [-0.39, 0.29) is 35.5 Å². The van der Waals surface area contributed by atoms with E-state index < -0.39 is 6.29 Å². The average molecular weight is 283 g/mol. The molecule has 5 atom stereocenters. The van der Waals surface area contributed by atoms with Crippen molar-refractivity contribution in [1.82, 2.24) is 0 Å². The van der Waals surface area contributed by atoms with E-state index in [2.05, 4.69) is 13.8 Å². The van der Waals surface area contributed by atoms with Crippen molar-refractivity contribution in [2.45, 2.75) is 64.7 Å². The maximum atomic E-state index is 12.6. The molecule has 116 valence electrons. The third kappa shape index (κ3) is 2.92. The SMILES string of the molecule is CCC(CC)C(N)C(=O)C1C2CCCCC(C(O)O)C21. The minimum absolute atomic E-state index is 0.0160. The van der Waals surface area contributed by atoms with Crippen molar-refractivity contribution in [2.24, 2.45) is 35.3 Å². The van der Waals surface area contributed by atoms with Gasteiger partial charge < -0.3 is 15.9 Å². The molecule has 0 amide bonds. The summed E-state index contributed by atoms with van der Waals surface area (Å²) in [6.45, 7) is 4.15. The Morgan fingerprint density at radius 2 is 1.80 bits per heavy atom. The first-order chi connectivity index (χ1) is 9.52. The van der Waals surface area contributed by atoms with Gasteiger partial charge in [-0.05, 0) is 30.6 Å². The van der Waals surface area contributed by atoms with Crippen LogP contribution in [-0.2, 0) is 4.79 Å². The number of aliphatic hydroxyl groups is 2. The highest BCUT2D eigenvalue weighted by molar-refractivity contribution is 5.89. The molecule has 0 radical (unpaired) electrons. The molecule has 0 aliphatic heterocycles. The molecule has 20 heavy (non-hydrogen) atoms. The molecular formula is C16H29NO3. The minimum Gasteiger partial charge on any atom is -0.368 e. The monoisotopic (exact) mass is 283 g/mol. The van der Waals surface area contributed by atoms with E-state index in [1.807, 2.05) is 0 Å². The third-order valence-corrected chi connectivity index (χ3v) is 5.65. The van der Waals surface area contributed by atoms with Crippen molar-refractivity contribution >= 4 is 5.78 Å². The van der Waals surface area contributed by atoms with E-state index in [9.17, 15) is 15.0 Å². The molecule has 2 aliphatic rings. The quantitative estimate of drug-likeness (QED) is 0.648. The molecule has 2 rings (SSSR count). The summed E-state index contributed by atoms with van der Waals surface area (Å²) in [6.07, 6.45) is 4.56. The van der Waals surface area contributed by atoms with Gasteiger partial charge in [-0.25, -0.2) is 0 Å². The standard InChI is InChI=1S/C16H29NO3/c1-3-9(4-2)14(17)15(18)13-10-7-5-6-8-11(12(10)13)16(19)20/h9-14,16,19-20H,3-8,17H2,1-2H3. The second-order valence-corrected chi connectivity index (χ2v) is 6.63. The van der Waals surface area contributed by atoms with Crippen LogP contribution in [0.15, 0.2) is 0 Å². The fraction of sp³-hybridized carbons (Fsp3) is 0.938. The molecule has 4 N–H and O–H groups in total. The van der Waals surface area contributed by atoms with Gasteiger partial charge in [0.2, 0.25) is 0 Å². The molecule has 0 aromatic heterocycles. The highest BCUT2D eigenvalue weighted by Crippen LogP contribution is 2.58. The Bertz CT molecular complexity index is 341. The number of rotatable bonds is 6. The average Bonchev–Trinajstić information content (AvgIpc) is 3.14. The number of carbonyl (C=O) groups is 1. The zero-order chi connectivity index (χ0) is 14.9. The third-order valence-electron chi connectivity index (χ3n) is 5.65. The minimum atomic E-state index is -1.29. The molecule has 2 aliphatic carbocycles. The lowest BCUT2D eigenvalue weighted by molar-refractivity contribution is -0.124. The zero-order valence-corrected chi connectivity index (χ0v) is 12.7. The van der Waals surface area contributed by atoms with Crippen molar-refractivity contribution in [3.05, 3.63) is 0 Å². The molecule has 0 spiro atoms. The van der Waals surface area contributed by atoms with Crippen LogP contribution in [0.25, 0.3) is 0 Å². The lowest BCUT2D eigenvalue weighted by Crippen LogP contribution is -2.39. The molecule has 2 saturated carbocycles. The highest BCUT2D eigenvalue weighted by Gasteiger charge is 2.59. The van der Waals surface area contributed by atoms with Crippen molar-refractivity contribution in [3.8, 4) is 0 Å². The molecular weight excluding hydrogens is 254 g/mol. The van der Waals surface area contributed by atoms with Crippen LogP contribution in [0.4, 0.5) is 0 Å². The van der Waals surface area contributed by atoms with E-state index in [0.717, 1.165) is 38.5 Å². The van der Waals surface area contributed by atoms with E-state index in [1.54, 1.807) is 0 Å². The van der Waals surface area contributed by atoms with Crippen LogP contribution in [0.1, 0.15) is 52.4 Å². The summed E-state index contributed by atoms with van der Waals surface area (Å²) in [7, 11) is 0. The van der Waals surface area contributed by atoms with Crippen LogP contribution in [0.2, 0.25) is 0 Å². The summed E-state index contributed by atoms with van der Waals surface area (Å²) in [5.41, 5.74) is 6.16. The van der Waals surface area contributed by atoms with Gasteiger partial charge in [0.25, 0.3) is 0 Å². The highest BCUT2D eigenvalue weighted by atomic mass is 16.5. The van der Waals surface area contributed by atoms with Gasteiger partial charge >= 0.3 is 0 Å². The lowest BCUT2D eigenvalue weighted by atomic mass is 9.87.